The molecule has 0 spiro atoms. The first kappa shape index (κ1) is 20.5. The Bertz CT molecular complexity index is 1240. The summed E-state index contributed by atoms with van der Waals surface area (Å²) in [5, 5.41) is 3.95. The third-order valence-corrected chi connectivity index (χ3v) is 5.38. The van der Waals surface area contributed by atoms with Crippen molar-refractivity contribution in [2.45, 2.75) is 26.2 Å². The smallest absolute Gasteiger partial charge is 0.255 e. The van der Waals surface area contributed by atoms with Crippen LogP contribution in [-0.2, 0) is 5.41 Å². The number of carbonyl (C=O) groups excluding carboxylic acids is 1. The van der Waals surface area contributed by atoms with Gasteiger partial charge in [0.25, 0.3) is 5.91 Å². The number of benzene rings is 3. The van der Waals surface area contributed by atoms with Gasteiger partial charge in [0.15, 0.2) is 5.58 Å². The Kier molecular flexibility index (Phi) is 5.31. The monoisotopic (exact) mass is 438 g/mol. The molecule has 0 radical (unpaired) electrons. The van der Waals surface area contributed by atoms with E-state index in [9.17, 15) is 4.79 Å². The van der Waals surface area contributed by atoms with E-state index >= 15 is 0 Å². The van der Waals surface area contributed by atoms with Crippen LogP contribution < -0.4 is 5.32 Å². The minimum Gasteiger partial charge on any atom is -0.436 e. The van der Waals surface area contributed by atoms with E-state index in [4.69, 9.17) is 27.6 Å². The summed E-state index contributed by atoms with van der Waals surface area (Å²) in [5.74, 6) is 0.190. The normalized spacial score (nSPS) is 11.6. The lowest BCUT2D eigenvalue weighted by Gasteiger charge is -2.19. The number of aromatic nitrogens is 1. The summed E-state index contributed by atoms with van der Waals surface area (Å²) in [6, 6.07) is 18.1. The maximum Gasteiger partial charge on any atom is 0.255 e. The highest BCUT2D eigenvalue weighted by molar-refractivity contribution is 6.35. The number of fused-ring (bicyclic) bond motifs is 1. The second-order valence-corrected chi connectivity index (χ2v) is 8.95. The van der Waals surface area contributed by atoms with Crippen LogP contribution in [0.25, 0.3) is 22.6 Å². The average Bonchev–Trinajstić information content (AvgIpc) is 3.12. The topological polar surface area (TPSA) is 55.1 Å². The zero-order valence-corrected chi connectivity index (χ0v) is 18.3. The zero-order chi connectivity index (χ0) is 21.5. The summed E-state index contributed by atoms with van der Waals surface area (Å²) in [4.78, 5) is 17.1. The number of halogens is 2. The summed E-state index contributed by atoms with van der Waals surface area (Å²) in [5.41, 5.74) is 4.26. The fourth-order valence-electron chi connectivity index (χ4n) is 3.11. The lowest BCUT2D eigenvalue weighted by atomic mass is 9.87. The number of anilines is 1. The second kappa shape index (κ2) is 7.78. The van der Waals surface area contributed by atoms with Crippen LogP contribution >= 0.6 is 23.2 Å². The van der Waals surface area contributed by atoms with Crippen molar-refractivity contribution in [2.75, 3.05) is 5.32 Å². The SMILES string of the molecule is CC(C)(C)c1ccc(C(=O)Nc2ccc3oc(-c4cc(Cl)ccc4Cl)nc3c2)cc1. The number of nitrogens with one attached hydrogen (secondary N) is 1. The van der Waals surface area contributed by atoms with E-state index < -0.39 is 0 Å². The molecule has 4 rings (SSSR count). The number of carbonyl (C=O) groups is 1. The van der Waals surface area contributed by atoms with Crippen LogP contribution in [0.5, 0.6) is 0 Å². The first-order valence-electron chi connectivity index (χ1n) is 9.48. The minimum atomic E-state index is -0.184. The molecule has 0 bridgehead atoms. The predicted octanol–water partition coefficient (Wildman–Crippen LogP) is 7.35. The number of nitrogens with zero attached hydrogens (tertiary/aromatic N) is 1. The minimum absolute atomic E-state index is 0.0383. The van der Waals surface area contributed by atoms with Crippen molar-refractivity contribution in [1.82, 2.24) is 4.98 Å². The van der Waals surface area contributed by atoms with Crippen molar-refractivity contribution in [1.29, 1.82) is 0 Å². The molecule has 1 N–H and O–H groups in total. The van der Waals surface area contributed by atoms with Gasteiger partial charge in [0.05, 0.1) is 10.6 Å². The van der Waals surface area contributed by atoms with Gasteiger partial charge in [-0.1, -0.05) is 56.1 Å². The maximum absolute atomic E-state index is 12.6. The fourth-order valence-corrected chi connectivity index (χ4v) is 3.48. The van der Waals surface area contributed by atoms with Gasteiger partial charge in [-0.2, -0.15) is 0 Å². The molecule has 4 aromatic rings. The zero-order valence-electron chi connectivity index (χ0n) is 16.8. The molecule has 0 saturated carbocycles. The van der Waals surface area contributed by atoms with Crippen LogP contribution in [-0.4, -0.2) is 10.9 Å². The molecule has 3 aromatic carbocycles. The van der Waals surface area contributed by atoms with Gasteiger partial charge in [0, 0.05) is 16.3 Å². The summed E-state index contributed by atoms with van der Waals surface area (Å²) < 4.78 is 5.81. The number of hydrogen-bond acceptors (Lipinski definition) is 3. The molecule has 0 fully saturated rings. The highest BCUT2D eigenvalue weighted by Crippen LogP contribution is 2.33. The first-order valence-corrected chi connectivity index (χ1v) is 10.2. The Labute approximate surface area is 184 Å². The van der Waals surface area contributed by atoms with Gasteiger partial charge >= 0.3 is 0 Å². The van der Waals surface area contributed by atoms with Gasteiger partial charge in [-0.25, -0.2) is 4.98 Å². The van der Waals surface area contributed by atoms with E-state index in [0.717, 1.165) is 0 Å². The van der Waals surface area contributed by atoms with Crippen LogP contribution in [0, 0.1) is 0 Å². The molecule has 0 atom stereocenters. The predicted molar refractivity (Wildman–Crippen MR) is 123 cm³/mol. The number of amides is 1. The van der Waals surface area contributed by atoms with E-state index in [-0.39, 0.29) is 11.3 Å². The maximum atomic E-state index is 12.6. The van der Waals surface area contributed by atoms with Crippen molar-refractivity contribution in [3.63, 3.8) is 0 Å². The fraction of sp³-hybridized carbons (Fsp3) is 0.167. The van der Waals surface area contributed by atoms with Crippen molar-refractivity contribution in [3.8, 4) is 11.5 Å². The first-order chi connectivity index (χ1) is 14.2. The van der Waals surface area contributed by atoms with Crippen molar-refractivity contribution < 1.29 is 9.21 Å². The summed E-state index contributed by atoms with van der Waals surface area (Å²) in [6.07, 6.45) is 0. The summed E-state index contributed by atoms with van der Waals surface area (Å²) in [6.45, 7) is 6.42. The number of oxazole rings is 1. The van der Waals surface area contributed by atoms with E-state index in [1.54, 1.807) is 36.4 Å². The molecule has 0 aliphatic heterocycles. The van der Waals surface area contributed by atoms with Crippen LogP contribution in [0.3, 0.4) is 0 Å². The van der Waals surface area contributed by atoms with Gasteiger partial charge in [-0.3, -0.25) is 4.79 Å². The van der Waals surface area contributed by atoms with E-state index in [0.29, 0.717) is 43.9 Å². The molecule has 0 aliphatic carbocycles. The Morgan fingerprint density at radius 2 is 1.70 bits per heavy atom. The highest BCUT2D eigenvalue weighted by Gasteiger charge is 2.16. The van der Waals surface area contributed by atoms with Crippen LogP contribution in [0.2, 0.25) is 10.0 Å². The molecule has 0 saturated heterocycles. The molecule has 0 unspecified atom stereocenters. The molecule has 4 nitrogen and oxygen atoms in total. The van der Waals surface area contributed by atoms with Gasteiger partial charge in [0.1, 0.15) is 5.52 Å². The third kappa shape index (κ3) is 4.20. The molecular formula is C24H20Cl2N2O2. The molecule has 1 amide bonds. The summed E-state index contributed by atoms with van der Waals surface area (Å²) >= 11 is 12.3. The summed E-state index contributed by atoms with van der Waals surface area (Å²) in [7, 11) is 0. The van der Waals surface area contributed by atoms with Crippen molar-refractivity contribution in [3.05, 3.63) is 81.8 Å². The Hall–Kier alpha value is -2.82. The van der Waals surface area contributed by atoms with Gasteiger partial charge < -0.3 is 9.73 Å². The third-order valence-electron chi connectivity index (χ3n) is 4.82. The molecular weight excluding hydrogens is 419 g/mol. The largest absolute Gasteiger partial charge is 0.436 e. The molecule has 152 valence electrons. The van der Waals surface area contributed by atoms with Crippen LogP contribution in [0.1, 0.15) is 36.7 Å². The van der Waals surface area contributed by atoms with E-state index in [2.05, 4.69) is 31.1 Å². The standard InChI is InChI=1S/C24H20Cl2N2O2/c1-24(2,3)15-6-4-14(5-7-15)22(29)27-17-9-11-21-20(13-17)28-23(30-21)18-12-16(25)8-10-19(18)26/h4-13H,1-3H3,(H,27,29). The molecule has 0 aliphatic rings. The molecule has 6 heteroatoms. The molecule has 30 heavy (non-hydrogen) atoms. The lowest BCUT2D eigenvalue weighted by Crippen LogP contribution is -2.14. The van der Waals surface area contributed by atoms with E-state index in [1.807, 2.05) is 24.3 Å². The second-order valence-electron chi connectivity index (χ2n) is 8.11. The van der Waals surface area contributed by atoms with Crippen LogP contribution in [0.15, 0.2) is 65.1 Å². The van der Waals surface area contributed by atoms with Gasteiger partial charge in [0.2, 0.25) is 5.89 Å². The van der Waals surface area contributed by atoms with Gasteiger partial charge in [-0.05, 0) is 59.5 Å². The Morgan fingerprint density at radius 1 is 0.967 bits per heavy atom. The van der Waals surface area contributed by atoms with Crippen LogP contribution in [0.4, 0.5) is 5.69 Å². The molecule has 1 aromatic heterocycles. The quantitative estimate of drug-likeness (QED) is 0.363. The number of rotatable bonds is 3. The Morgan fingerprint density at radius 3 is 2.40 bits per heavy atom. The highest BCUT2D eigenvalue weighted by atomic mass is 35.5. The van der Waals surface area contributed by atoms with Crippen molar-refractivity contribution in [2.24, 2.45) is 0 Å². The van der Waals surface area contributed by atoms with Crippen molar-refractivity contribution >= 4 is 45.9 Å². The lowest BCUT2D eigenvalue weighted by molar-refractivity contribution is 0.102. The average molecular weight is 439 g/mol. The Balaban J connectivity index is 1.58. The molecule has 1 heterocycles. The van der Waals surface area contributed by atoms with Gasteiger partial charge in [-0.15, -0.1) is 0 Å². The number of hydrogen-bond donors (Lipinski definition) is 1. The van der Waals surface area contributed by atoms with E-state index in [1.165, 1.54) is 5.56 Å².